The number of fused-ring (bicyclic) bond motifs is 1. The van der Waals surface area contributed by atoms with Crippen LogP contribution in [-0.2, 0) is 0 Å². The van der Waals surface area contributed by atoms with Crippen LogP contribution in [0, 0.1) is 5.41 Å². The highest BCUT2D eigenvalue weighted by molar-refractivity contribution is 7.99. The van der Waals surface area contributed by atoms with E-state index in [0.717, 1.165) is 53.7 Å². The van der Waals surface area contributed by atoms with Crippen molar-refractivity contribution in [3.8, 4) is 0 Å². The third-order valence-corrected chi connectivity index (χ3v) is 8.11. The number of anilines is 2. The fourth-order valence-electron chi connectivity index (χ4n) is 4.76. The summed E-state index contributed by atoms with van der Waals surface area (Å²) in [5, 5.41) is 9.02. The Morgan fingerprint density at radius 3 is 2.76 bits per heavy atom. The van der Waals surface area contributed by atoms with E-state index in [4.69, 9.17) is 28.1 Å². The lowest BCUT2D eigenvalue weighted by Gasteiger charge is -2.42. The van der Waals surface area contributed by atoms with E-state index in [0.29, 0.717) is 22.2 Å². The van der Waals surface area contributed by atoms with Gasteiger partial charge in [0.2, 0.25) is 5.95 Å². The van der Waals surface area contributed by atoms with E-state index < -0.39 is 0 Å². The largest absolute Gasteiger partial charge is 0.397 e. The Labute approximate surface area is 178 Å². The van der Waals surface area contributed by atoms with Crippen molar-refractivity contribution in [2.24, 2.45) is 11.1 Å². The first-order valence-corrected chi connectivity index (χ1v) is 11.2. The van der Waals surface area contributed by atoms with Gasteiger partial charge in [-0.25, -0.2) is 9.38 Å². The third kappa shape index (κ3) is 3.23. The molecule has 2 aliphatic rings. The topological polar surface area (TPSA) is 98.4 Å². The summed E-state index contributed by atoms with van der Waals surface area (Å²) in [6.45, 7) is 1.92. The van der Waals surface area contributed by atoms with E-state index in [1.54, 1.807) is 12.4 Å². The summed E-state index contributed by atoms with van der Waals surface area (Å²) >= 11 is 7.87. The van der Waals surface area contributed by atoms with Crippen LogP contribution < -0.4 is 16.4 Å². The van der Waals surface area contributed by atoms with Crippen LogP contribution >= 0.6 is 23.4 Å². The van der Waals surface area contributed by atoms with Crippen molar-refractivity contribution in [2.45, 2.75) is 47.9 Å². The molecule has 1 aliphatic heterocycles. The van der Waals surface area contributed by atoms with E-state index in [-0.39, 0.29) is 0 Å². The van der Waals surface area contributed by atoms with Gasteiger partial charge >= 0.3 is 0 Å². The van der Waals surface area contributed by atoms with Gasteiger partial charge in [-0.1, -0.05) is 35.9 Å². The normalized spacial score (nSPS) is 21.3. The Bertz CT molecular complexity index is 1040. The van der Waals surface area contributed by atoms with Crippen molar-refractivity contribution in [1.82, 2.24) is 19.6 Å². The van der Waals surface area contributed by atoms with Gasteiger partial charge in [0.1, 0.15) is 6.33 Å². The minimum absolute atomic E-state index is 0.322. The van der Waals surface area contributed by atoms with Crippen molar-refractivity contribution < 1.29 is 0 Å². The SMILES string of the molecule is Nc1cccc(Sc2cnc(N3CCC4(CCC[C@H]4N)CC3)n3cnnc23)c1Cl. The molecule has 5 rings (SSSR count). The molecule has 4 N–H and O–H groups in total. The molecule has 1 spiro atoms. The molecule has 3 aromatic rings. The molecule has 2 aromatic heterocycles. The monoisotopic (exact) mass is 429 g/mol. The van der Waals surface area contributed by atoms with Gasteiger partial charge in [-0.2, -0.15) is 0 Å². The summed E-state index contributed by atoms with van der Waals surface area (Å²) in [5.74, 6) is 0.884. The van der Waals surface area contributed by atoms with Crippen molar-refractivity contribution in [1.29, 1.82) is 0 Å². The molecule has 0 unspecified atom stereocenters. The fourth-order valence-corrected chi connectivity index (χ4v) is 5.92. The zero-order chi connectivity index (χ0) is 20.0. The molecule has 0 radical (unpaired) electrons. The van der Waals surface area contributed by atoms with E-state index in [2.05, 4.69) is 15.1 Å². The van der Waals surface area contributed by atoms with Gasteiger partial charge in [-0.05, 0) is 43.2 Å². The summed E-state index contributed by atoms with van der Waals surface area (Å²) in [7, 11) is 0. The number of nitrogens with zero attached hydrogens (tertiary/aromatic N) is 5. The second-order valence-electron chi connectivity index (χ2n) is 8.06. The van der Waals surface area contributed by atoms with E-state index in [1.165, 1.54) is 24.6 Å². The van der Waals surface area contributed by atoms with Crippen LogP contribution in [0.5, 0.6) is 0 Å². The first kappa shape index (κ1) is 19.0. The maximum atomic E-state index is 6.44. The van der Waals surface area contributed by atoms with Crippen LogP contribution in [0.3, 0.4) is 0 Å². The molecule has 1 saturated heterocycles. The smallest absolute Gasteiger partial charge is 0.212 e. The lowest BCUT2D eigenvalue weighted by Crippen LogP contribution is -2.47. The number of hydrogen-bond donors (Lipinski definition) is 2. The van der Waals surface area contributed by atoms with Crippen molar-refractivity contribution in [2.75, 3.05) is 23.7 Å². The standard InChI is InChI=1S/C20H24ClN7S/c21-17-13(22)3-1-4-14(17)29-15-11-24-19(28-12-25-26-18(15)28)27-9-7-20(8-10-27)6-2-5-16(20)23/h1,3-4,11-12,16H,2,5-10,22-23H2/t16-/m1/s1. The molecule has 3 heterocycles. The number of nitrogens with two attached hydrogens (primary N) is 2. The van der Waals surface area contributed by atoms with Crippen LogP contribution in [0.25, 0.3) is 5.65 Å². The Morgan fingerprint density at radius 2 is 2.00 bits per heavy atom. The highest BCUT2D eigenvalue weighted by Crippen LogP contribution is 2.46. The van der Waals surface area contributed by atoms with Gasteiger partial charge in [0.05, 0.1) is 15.6 Å². The second kappa shape index (κ2) is 7.34. The third-order valence-electron chi connectivity index (χ3n) is 6.51. The molecular formula is C20H24ClN7S. The number of aromatic nitrogens is 4. The van der Waals surface area contributed by atoms with E-state index in [1.807, 2.05) is 22.7 Å². The second-order valence-corrected chi connectivity index (χ2v) is 9.52. The Hall–Kier alpha value is -2.03. The van der Waals surface area contributed by atoms with Gasteiger partial charge in [-0.3, -0.25) is 0 Å². The van der Waals surface area contributed by atoms with Gasteiger partial charge < -0.3 is 16.4 Å². The molecule has 0 bridgehead atoms. The number of hydrogen-bond acceptors (Lipinski definition) is 7. The molecule has 2 fully saturated rings. The summed E-state index contributed by atoms with van der Waals surface area (Å²) < 4.78 is 1.97. The molecule has 0 amide bonds. The zero-order valence-corrected chi connectivity index (χ0v) is 17.7. The summed E-state index contributed by atoms with van der Waals surface area (Å²) in [5.41, 5.74) is 14.0. The number of benzene rings is 1. The average molecular weight is 430 g/mol. The highest BCUT2D eigenvalue weighted by Gasteiger charge is 2.43. The van der Waals surface area contributed by atoms with Crippen molar-refractivity contribution in [3.63, 3.8) is 0 Å². The number of rotatable bonds is 3. The van der Waals surface area contributed by atoms with Crippen LogP contribution in [0.2, 0.25) is 5.02 Å². The molecule has 1 saturated carbocycles. The van der Waals surface area contributed by atoms with Crippen molar-refractivity contribution in [3.05, 3.63) is 35.7 Å². The minimum Gasteiger partial charge on any atom is -0.397 e. The maximum Gasteiger partial charge on any atom is 0.212 e. The Kier molecular flexibility index (Phi) is 4.80. The predicted molar refractivity (Wildman–Crippen MR) is 116 cm³/mol. The molecule has 1 aliphatic carbocycles. The average Bonchev–Trinajstić information content (AvgIpc) is 3.35. The summed E-state index contributed by atoms with van der Waals surface area (Å²) in [6.07, 6.45) is 9.50. The van der Waals surface area contributed by atoms with Gasteiger partial charge in [0.15, 0.2) is 5.65 Å². The van der Waals surface area contributed by atoms with Crippen molar-refractivity contribution >= 4 is 40.6 Å². The van der Waals surface area contributed by atoms with Crippen LogP contribution in [0.4, 0.5) is 11.6 Å². The number of piperidine rings is 1. The lowest BCUT2D eigenvalue weighted by atomic mass is 9.74. The fraction of sp³-hybridized carbons (Fsp3) is 0.450. The first-order valence-electron chi connectivity index (χ1n) is 9.98. The van der Waals surface area contributed by atoms with Gasteiger partial charge in [0.25, 0.3) is 0 Å². The first-order chi connectivity index (χ1) is 14.1. The summed E-state index contributed by atoms with van der Waals surface area (Å²) in [4.78, 5) is 8.87. The zero-order valence-electron chi connectivity index (χ0n) is 16.1. The highest BCUT2D eigenvalue weighted by atomic mass is 35.5. The van der Waals surface area contributed by atoms with Crippen LogP contribution in [-0.4, -0.2) is 38.7 Å². The Morgan fingerprint density at radius 1 is 1.17 bits per heavy atom. The predicted octanol–water partition coefficient (Wildman–Crippen LogP) is 3.61. The lowest BCUT2D eigenvalue weighted by molar-refractivity contribution is 0.197. The minimum atomic E-state index is 0.322. The van der Waals surface area contributed by atoms with Gasteiger partial charge in [-0.15, -0.1) is 10.2 Å². The van der Waals surface area contributed by atoms with E-state index in [9.17, 15) is 0 Å². The molecule has 1 aromatic carbocycles. The van der Waals surface area contributed by atoms with Crippen LogP contribution in [0.15, 0.2) is 40.5 Å². The molecule has 152 valence electrons. The van der Waals surface area contributed by atoms with Crippen LogP contribution in [0.1, 0.15) is 32.1 Å². The number of halogens is 1. The quantitative estimate of drug-likeness (QED) is 0.613. The summed E-state index contributed by atoms with van der Waals surface area (Å²) in [6, 6.07) is 5.97. The molecule has 9 heteroatoms. The maximum absolute atomic E-state index is 6.44. The molecule has 29 heavy (non-hydrogen) atoms. The number of nitrogen functional groups attached to an aromatic ring is 1. The molecule has 1 atom stereocenters. The Balaban J connectivity index is 1.42. The van der Waals surface area contributed by atoms with Gasteiger partial charge in [0, 0.05) is 30.2 Å². The van der Waals surface area contributed by atoms with E-state index >= 15 is 0 Å². The molecular weight excluding hydrogens is 406 g/mol. The molecule has 7 nitrogen and oxygen atoms in total.